The van der Waals surface area contributed by atoms with Gasteiger partial charge in [0.05, 0.1) is 0 Å². The van der Waals surface area contributed by atoms with Crippen molar-refractivity contribution >= 4 is 45.9 Å². The van der Waals surface area contributed by atoms with Crippen molar-refractivity contribution in [3.8, 4) is 55.6 Å². The second kappa shape index (κ2) is 16.0. The molecule has 62 heavy (non-hydrogen) atoms. The van der Waals surface area contributed by atoms with Gasteiger partial charge in [-0.2, -0.15) is 0 Å². The van der Waals surface area contributed by atoms with E-state index in [2.05, 4.69) is 266 Å². The van der Waals surface area contributed by atoms with E-state index in [1.54, 1.807) is 0 Å². The third kappa shape index (κ3) is 6.50. The van der Waals surface area contributed by atoms with E-state index in [0.29, 0.717) is 0 Å². The van der Waals surface area contributed by atoms with E-state index in [1.807, 2.05) is 0 Å². The monoisotopic (exact) mass is 805 g/mol. The van der Waals surface area contributed by atoms with Gasteiger partial charge in [-0.15, -0.1) is 0 Å². The molecular weight excluding hydrogens is 763 g/mol. The first-order valence-electron chi connectivity index (χ1n) is 21.4. The van der Waals surface area contributed by atoms with E-state index < -0.39 is 8.07 Å². The lowest BCUT2D eigenvalue weighted by atomic mass is 9.99. The zero-order chi connectivity index (χ0) is 41.3. The smallest absolute Gasteiger partial charge is 0.183 e. The molecule has 0 bridgehead atoms. The van der Waals surface area contributed by atoms with Crippen molar-refractivity contribution in [1.29, 1.82) is 0 Å². The molecule has 0 atom stereocenters. The summed E-state index contributed by atoms with van der Waals surface area (Å²) in [6, 6.07) is 96.0. The van der Waals surface area contributed by atoms with Crippen molar-refractivity contribution in [2.75, 3.05) is 4.90 Å². The van der Waals surface area contributed by atoms with Crippen LogP contribution in [0.4, 0.5) is 17.1 Å². The first-order valence-corrected chi connectivity index (χ1v) is 23.4. The van der Waals surface area contributed by atoms with E-state index in [9.17, 15) is 0 Å². The van der Waals surface area contributed by atoms with Gasteiger partial charge in [-0.05, 0) is 107 Å². The fraction of sp³-hybridized carbons (Fsp3) is 0. The van der Waals surface area contributed by atoms with Crippen LogP contribution in [0.1, 0.15) is 0 Å². The molecule has 11 rings (SSSR count). The number of anilines is 3. The van der Waals surface area contributed by atoms with Gasteiger partial charge in [0.25, 0.3) is 0 Å². The summed E-state index contributed by atoms with van der Waals surface area (Å²) in [5.74, 6) is 0. The lowest BCUT2D eigenvalue weighted by Gasteiger charge is -2.36. The molecule has 1 nitrogen and oxygen atoms in total. The summed E-state index contributed by atoms with van der Waals surface area (Å²) in [5, 5.41) is 5.62. The highest BCUT2D eigenvalue weighted by atomic mass is 28.3. The highest BCUT2D eigenvalue weighted by Crippen LogP contribution is 2.41. The quantitative estimate of drug-likeness (QED) is 0.131. The zero-order valence-electron chi connectivity index (χ0n) is 34.3. The fourth-order valence-electron chi connectivity index (χ4n) is 9.67. The van der Waals surface area contributed by atoms with Gasteiger partial charge in [-0.1, -0.05) is 231 Å². The first kappa shape index (κ1) is 37.2. The van der Waals surface area contributed by atoms with Crippen molar-refractivity contribution in [3.05, 3.63) is 261 Å². The number of rotatable bonds is 9. The Morgan fingerprint density at radius 2 is 0.565 bits per heavy atom. The van der Waals surface area contributed by atoms with Crippen molar-refractivity contribution in [3.63, 3.8) is 0 Å². The summed E-state index contributed by atoms with van der Waals surface area (Å²) in [4.78, 5) is 2.50. The molecule has 0 unspecified atom stereocenters. The van der Waals surface area contributed by atoms with E-state index >= 15 is 0 Å². The Bertz CT molecular complexity index is 2940. The van der Waals surface area contributed by atoms with Crippen molar-refractivity contribution in [2.24, 2.45) is 0 Å². The Hall–Kier alpha value is -7.78. The Morgan fingerprint density at radius 1 is 0.242 bits per heavy atom. The minimum absolute atomic E-state index is 1.11. The molecule has 0 N–H and O–H groups in total. The Labute approximate surface area is 365 Å². The number of hydrogen-bond acceptors (Lipinski definition) is 1. The van der Waals surface area contributed by atoms with E-state index in [0.717, 1.165) is 11.4 Å². The third-order valence-electron chi connectivity index (χ3n) is 12.6. The minimum atomic E-state index is -2.83. The molecule has 2 heteroatoms. The topological polar surface area (TPSA) is 3.24 Å². The second-order valence-electron chi connectivity index (χ2n) is 16.0. The lowest BCUT2D eigenvalue weighted by molar-refractivity contribution is 1.29. The van der Waals surface area contributed by atoms with Crippen LogP contribution in [0.3, 0.4) is 0 Å². The van der Waals surface area contributed by atoms with Gasteiger partial charge in [0.15, 0.2) is 8.07 Å². The highest BCUT2D eigenvalue weighted by molar-refractivity contribution is 7.22. The summed E-state index contributed by atoms with van der Waals surface area (Å²) in [6.07, 6.45) is 0. The fourth-order valence-corrected chi connectivity index (χ4v) is 15.0. The number of benzene rings is 10. The van der Waals surface area contributed by atoms with Gasteiger partial charge in [0.2, 0.25) is 0 Å². The van der Waals surface area contributed by atoms with E-state index in [4.69, 9.17) is 0 Å². The molecule has 0 saturated heterocycles. The van der Waals surface area contributed by atoms with Crippen LogP contribution in [0.2, 0.25) is 0 Å². The summed E-state index contributed by atoms with van der Waals surface area (Å²) in [7, 11) is -2.83. The van der Waals surface area contributed by atoms with Crippen LogP contribution in [-0.2, 0) is 0 Å². The minimum Gasteiger partial charge on any atom is -0.311 e. The maximum absolute atomic E-state index is 2.83. The molecule has 292 valence electrons. The summed E-state index contributed by atoms with van der Waals surface area (Å²) >= 11 is 0. The van der Waals surface area contributed by atoms with Crippen LogP contribution in [0.25, 0.3) is 55.6 Å². The van der Waals surface area contributed by atoms with Gasteiger partial charge in [0.1, 0.15) is 0 Å². The molecule has 0 aliphatic carbocycles. The van der Waals surface area contributed by atoms with Crippen LogP contribution < -0.4 is 25.6 Å². The van der Waals surface area contributed by atoms with Gasteiger partial charge >= 0.3 is 0 Å². The van der Waals surface area contributed by atoms with Crippen molar-refractivity contribution in [2.45, 2.75) is 0 Å². The van der Waals surface area contributed by atoms with Crippen LogP contribution in [0.15, 0.2) is 261 Å². The van der Waals surface area contributed by atoms with E-state index in [1.165, 1.54) is 82.1 Å². The number of hydrogen-bond donors (Lipinski definition) is 0. The zero-order valence-corrected chi connectivity index (χ0v) is 35.3. The summed E-state index contributed by atoms with van der Waals surface area (Å²) in [5.41, 5.74) is 15.7. The summed E-state index contributed by atoms with van der Waals surface area (Å²) < 4.78 is 0. The second-order valence-corrected chi connectivity index (χ2v) is 19.7. The Kier molecular flexibility index (Phi) is 9.61. The maximum atomic E-state index is 2.50. The molecule has 1 heterocycles. The molecule has 0 saturated carbocycles. The highest BCUT2D eigenvalue weighted by Gasteiger charge is 2.50. The molecule has 0 radical (unpaired) electrons. The Morgan fingerprint density at radius 3 is 0.984 bits per heavy atom. The molecule has 0 spiro atoms. The van der Waals surface area contributed by atoms with Crippen LogP contribution in [0, 0.1) is 0 Å². The number of nitrogens with zero attached hydrogens (tertiary/aromatic N) is 1. The SMILES string of the molecule is c1ccc(-c2ccc(-c3ccc(N(c4ccc(-c5ccc(-c6ccccc6)cc5)cc4)c4cccc5c4[Si](c4ccccc4)(c4ccccc4)c4ccccc4-5)cc3)cc2)cc1. The predicted octanol–water partition coefficient (Wildman–Crippen LogP) is 13.2. The molecular formula is C60H43NSi. The molecule has 1 aliphatic heterocycles. The molecule has 0 fully saturated rings. The molecule has 10 aromatic carbocycles. The molecule has 0 amide bonds. The largest absolute Gasteiger partial charge is 0.311 e. The van der Waals surface area contributed by atoms with Crippen molar-refractivity contribution in [1.82, 2.24) is 0 Å². The van der Waals surface area contributed by atoms with Gasteiger partial charge in [-0.3, -0.25) is 0 Å². The van der Waals surface area contributed by atoms with Crippen molar-refractivity contribution < 1.29 is 0 Å². The van der Waals surface area contributed by atoms with E-state index in [-0.39, 0.29) is 0 Å². The van der Waals surface area contributed by atoms with Gasteiger partial charge < -0.3 is 4.90 Å². The lowest BCUT2D eigenvalue weighted by Crippen LogP contribution is -2.73. The standard InChI is InChI=1S/C60H43NSi/c1-5-16-44(17-6-1)46-28-32-48(33-29-46)50-36-40-52(41-37-50)61(53-42-38-51(39-43-53)49-34-30-47(31-35-49)45-18-7-2-8-19-45)58-26-15-25-57-56-24-13-14-27-59(56)62(60(57)58,54-20-9-3-10-21-54)55-22-11-4-12-23-55/h1-43H. The molecule has 0 aromatic heterocycles. The van der Waals surface area contributed by atoms with Crippen LogP contribution in [0.5, 0.6) is 0 Å². The van der Waals surface area contributed by atoms with Crippen LogP contribution >= 0.6 is 0 Å². The molecule has 10 aromatic rings. The molecule has 1 aliphatic rings. The Balaban J connectivity index is 1.07. The predicted molar refractivity (Wildman–Crippen MR) is 265 cm³/mol. The number of fused-ring (bicyclic) bond motifs is 3. The average molecular weight is 806 g/mol. The van der Waals surface area contributed by atoms with Gasteiger partial charge in [-0.25, -0.2) is 0 Å². The average Bonchev–Trinajstić information content (AvgIpc) is 3.67. The normalized spacial score (nSPS) is 12.3. The van der Waals surface area contributed by atoms with Crippen LogP contribution in [-0.4, -0.2) is 8.07 Å². The van der Waals surface area contributed by atoms with Gasteiger partial charge in [0, 0.05) is 17.1 Å². The third-order valence-corrected chi connectivity index (χ3v) is 17.5. The summed E-state index contributed by atoms with van der Waals surface area (Å²) in [6.45, 7) is 0. The first-order chi connectivity index (χ1) is 30.8. The maximum Gasteiger partial charge on any atom is 0.183 e.